The Hall–Kier alpha value is -1.68. The van der Waals surface area contributed by atoms with Crippen LogP contribution in [0.4, 0.5) is 0 Å². The Labute approximate surface area is 144 Å². The molecule has 1 N–H and O–H groups in total. The lowest BCUT2D eigenvalue weighted by atomic mass is 9.72. The second-order valence-corrected chi connectivity index (χ2v) is 7.36. The number of benzene rings is 1. The Bertz CT molecular complexity index is 716. The fraction of sp³-hybridized carbons (Fsp3) is 0.368. The van der Waals surface area contributed by atoms with Gasteiger partial charge in [-0.05, 0) is 43.4 Å². The zero-order valence-corrected chi connectivity index (χ0v) is 14.4. The topological polar surface area (TPSA) is 46.2 Å². The molecule has 0 spiro atoms. The molecule has 0 saturated heterocycles. The predicted octanol–water partition coefficient (Wildman–Crippen LogP) is 4.15. The van der Waals surface area contributed by atoms with Crippen molar-refractivity contribution < 1.29 is 9.59 Å². The molecule has 1 heterocycles. The molecule has 0 bridgehead atoms. The van der Waals surface area contributed by atoms with Crippen LogP contribution in [0.2, 0.25) is 0 Å². The van der Waals surface area contributed by atoms with E-state index in [9.17, 15) is 9.59 Å². The molecular weight excluding hydrogens is 354 g/mol. The lowest BCUT2D eigenvalue weighted by molar-refractivity contribution is -0.116. The van der Waals surface area contributed by atoms with Crippen LogP contribution in [0, 0.1) is 0 Å². The van der Waals surface area contributed by atoms with E-state index < -0.39 is 0 Å². The van der Waals surface area contributed by atoms with E-state index in [0.717, 1.165) is 58.3 Å². The molecule has 23 heavy (non-hydrogen) atoms. The summed E-state index contributed by atoms with van der Waals surface area (Å²) in [5, 5.41) is 3.44. The van der Waals surface area contributed by atoms with Crippen molar-refractivity contribution in [2.45, 2.75) is 44.4 Å². The summed E-state index contributed by atoms with van der Waals surface area (Å²) in [6, 6.07) is 8.02. The first-order valence-electron chi connectivity index (χ1n) is 8.20. The van der Waals surface area contributed by atoms with Gasteiger partial charge >= 0.3 is 0 Å². The number of dihydropyridines is 1. The molecule has 0 saturated carbocycles. The maximum Gasteiger partial charge on any atom is 0.161 e. The van der Waals surface area contributed by atoms with Gasteiger partial charge in [0.25, 0.3) is 0 Å². The van der Waals surface area contributed by atoms with Crippen LogP contribution in [0.15, 0.2) is 51.3 Å². The van der Waals surface area contributed by atoms with Crippen LogP contribution in [0.3, 0.4) is 0 Å². The summed E-state index contributed by atoms with van der Waals surface area (Å²) in [6.45, 7) is 0. The first-order valence-corrected chi connectivity index (χ1v) is 8.99. The monoisotopic (exact) mass is 371 g/mol. The number of rotatable bonds is 1. The number of hydrogen-bond acceptors (Lipinski definition) is 3. The summed E-state index contributed by atoms with van der Waals surface area (Å²) in [5.41, 5.74) is 4.78. The first-order chi connectivity index (χ1) is 11.1. The highest BCUT2D eigenvalue weighted by atomic mass is 79.9. The second kappa shape index (κ2) is 5.75. The molecule has 4 rings (SSSR count). The van der Waals surface area contributed by atoms with Gasteiger partial charge in [0.05, 0.1) is 0 Å². The Morgan fingerprint density at radius 2 is 1.35 bits per heavy atom. The van der Waals surface area contributed by atoms with Crippen molar-refractivity contribution in [1.82, 2.24) is 5.32 Å². The van der Waals surface area contributed by atoms with Gasteiger partial charge in [-0.3, -0.25) is 9.59 Å². The molecule has 0 radical (unpaired) electrons. The molecule has 1 aromatic rings. The van der Waals surface area contributed by atoms with Gasteiger partial charge in [-0.15, -0.1) is 0 Å². The summed E-state index contributed by atoms with van der Waals surface area (Å²) in [6.07, 6.45) is 4.77. The van der Waals surface area contributed by atoms with Crippen LogP contribution in [0.5, 0.6) is 0 Å². The third kappa shape index (κ3) is 2.49. The standard InChI is InChI=1S/C19H18BrNO2/c20-12-9-7-11(8-10-12)17-18-13(3-1-5-15(18)22)21-14-4-2-6-16(23)19(14)17/h7-10,17,21H,1-6H2. The SMILES string of the molecule is O=C1CCCC2=C1C(c1ccc(Br)cc1)C1=C(CCCC1=O)N2. The van der Waals surface area contributed by atoms with Crippen molar-refractivity contribution in [1.29, 1.82) is 0 Å². The van der Waals surface area contributed by atoms with Crippen LogP contribution < -0.4 is 5.32 Å². The largest absolute Gasteiger partial charge is 0.362 e. The maximum atomic E-state index is 12.6. The molecule has 3 nitrogen and oxygen atoms in total. The van der Waals surface area contributed by atoms with Crippen LogP contribution in [0.1, 0.15) is 50.0 Å². The average molecular weight is 372 g/mol. The summed E-state index contributed by atoms with van der Waals surface area (Å²) in [5.74, 6) is 0.197. The van der Waals surface area contributed by atoms with Crippen LogP contribution in [-0.4, -0.2) is 11.6 Å². The molecular formula is C19H18BrNO2. The molecule has 4 heteroatoms. The van der Waals surface area contributed by atoms with E-state index in [2.05, 4.69) is 21.2 Å². The second-order valence-electron chi connectivity index (χ2n) is 6.45. The zero-order chi connectivity index (χ0) is 16.0. The normalized spacial score (nSPS) is 22.0. The van der Waals surface area contributed by atoms with E-state index in [1.165, 1.54) is 0 Å². The molecule has 3 aliphatic rings. The minimum Gasteiger partial charge on any atom is -0.362 e. The lowest BCUT2D eigenvalue weighted by Crippen LogP contribution is -2.36. The summed E-state index contributed by atoms with van der Waals surface area (Å²) >= 11 is 3.46. The number of carbonyl (C=O) groups excluding carboxylic acids is 2. The Kier molecular flexibility index (Phi) is 3.72. The molecule has 1 aliphatic heterocycles. The molecule has 0 fully saturated rings. The highest BCUT2D eigenvalue weighted by molar-refractivity contribution is 9.10. The van der Waals surface area contributed by atoms with Gasteiger partial charge in [-0.2, -0.15) is 0 Å². The zero-order valence-electron chi connectivity index (χ0n) is 12.8. The van der Waals surface area contributed by atoms with Gasteiger partial charge < -0.3 is 5.32 Å². The highest BCUT2D eigenvalue weighted by Crippen LogP contribution is 2.45. The van der Waals surface area contributed by atoms with Crippen LogP contribution >= 0.6 is 15.9 Å². The van der Waals surface area contributed by atoms with E-state index in [4.69, 9.17) is 0 Å². The quantitative estimate of drug-likeness (QED) is 0.806. The van der Waals surface area contributed by atoms with Crippen molar-refractivity contribution in [3.05, 3.63) is 56.8 Å². The molecule has 0 aromatic heterocycles. The number of halogens is 1. The average Bonchev–Trinajstić information content (AvgIpc) is 2.54. The van der Waals surface area contributed by atoms with Crippen molar-refractivity contribution in [2.24, 2.45) is 0 Å². The Morgan fingerprint density at radius 3 is 1.87 bits per heavy atom. The molecule has 0 amide bonds. The predicted molar refractivity (Wildman–Crippen MR) is 91.8 cm³/mol. The minimum atomic E-state index is -0.185. The fourth-order valence-electron chi connectivity index (χ4n) is 3.97. The van der Waals surface area contributed by atoms with E-state index >= 15 is 0 Å². The van der Waals surface area contributed by atoms with E-state index in [-0.39, 0.29) is 17.5 Å². The first kappa shape index (κ1) is 14.9. The molecule has 2 aliphatic carbocycles. The van der Waals surface area contributed by atoms with Gasteiger partial charge in [0.1, 0.15) is 0 Å². The van der Waals surface area contributed by atoms with Crippen molar-refractivity contribution >= 4 is 27.5 Å². The number of Topliss-reactive ketones (excluding diaryl/α,β-unsaturated/α-hetero) is 2. The third-order valence-electron chi connectivity index (χ3n) is 4.99. The van der Waals surface area contributed by atoms with Crippen molar-refractivity contribution in [3.63, 3.8) is 0 Å². The molecule has 0 unspecified atom stereocenters. The van der Waals surface area contributed by atoms with Crippen LogP contribution in [-0.2, 0) is 9.59 Å². The van der Waals surface area contributed by atoms with Gasteiger partial charge in [-0.1, -0.05) is 28.1 Å². The van der Waals surface area contributed by atoms with E-state index in [1.54, 1.807) is 0 Å². The van der Waals surface area contributed by atoms with E-state index in [0.29, 0.717) is 12.8 Å². The molecule has 0 atom stereocenters. The maximum absolute atomic E-state index is 12.6. The summed E-state index contributed by atoms with van der Waals surface area (Å²) < 4.78 is 1.00. The number of carbonyl (C=O) groups is 2. The summed E-state index contributed by atoms with van der Waals surface area (Å²) in [7, 11) is 0. The lowest BCUT2D eigenvalue weighted by Gasteiger charge is -2.37. The highest BCUT2D eigenvalue weighted by Gasteiger charge is 2.39. The van der Waals surface area contributed by atoms with Gasteiger partial charge in [-0.25, -0.2) is 0 Å². The molecule has 1 aromatic carbocycles. The number of ketones is 2. The summed E-state index contributed by atoms with van der Waals surface area (Å²) in [4.78, 5) is 25.2. The van der Waals surface area contributed by atoms with Crippen LogP contribution in [0.25, 0.3) is 0 Å². The smallest absolute Gasteiger partial charge is 0.161 e. The Balaban J connectivity index is 1.90. The van der Waals surface area contributed by atoms with Gasteiger partial charge in [0.15, 0.2) is 11.6 Å². The number of hydrogen-bond donors (Lipinski definition) is 1. The fourth-order valence-corrected chi connectivity index (χ4v) is 4.24. The number of allylic oxidation sites excluding steroid dienone is 4. The van der Waals surface area contributed by atoms with Gasteiger partial charge in [0.2, 0.25) is 0 Å². The Morgan fingerprint density at radius 1 is 0.826 bits per heavy atom. The van der Waals surface area contributed by atoms with Crippen molar-refractivity contribution in [2.75, 3.05) is 0 Å². The van der Waals surface area contributed by atoms with E-state index in [1.807, 2.05) is 24.3 Å². The molecule has 118 valence electrons. The minimum absolute atomic E-state index is 0.185. The third-order valence-corrected chi connectivity index (χ3v) is 5.52. The van der Waals surface area contributed by atoms with Gasteiger partial charge in [0, 0.05) is 45.8 Å². The number of nitrogens with one attached hydrogen (secondary N) is 1. The van der Waals surface area contributed by atoms with Crippen molar-refractivity contribution in [3.8, 4) is 0 Å².